The number of halogens is 1. The number of nitrogens with one attached hydrogen (secondary N) is 2. The minimum atomic E-state index is -0.185. The SMILES string of the molecule is CCC1CCNC(C(=O)Nc2cc(C#N)ccc2Cl)C1. The highest BCUT2D eigenvalue weighted by atomic mass is 35.5. The number of hydrogen-bond acceptors (Lipinski definition) is 3. The summed E-state index contributed by atoms with van der Waals surface area (Å²) in [6, 6.07) is 6.70. The maximum atomic E-state index is 12.3. The van der Waals surface area contributed by atoms with Crippen molar-refractivity contribution in [3.05, 3.63) is 28.8 Å². The van der Waals surface area contributed by atoms with E-state index in [1.54, 1.807) is 18.2 Å². The molecule has 1 heterocycles. The summed E-state index contributed by atoms with van der Waals surface area (Å²) >= 11 is 6.05. The Morgan fingerprint density at radius 1 is 1.60 bits per heavy atom. The minimum Gasteiger partial charge on any atom is -0.323 e. The summed E-state index contributed by atoms with van der Waals surface area (Å²) in [7, 11) is 0. The maximum absolute atomic E-state index is 12.3. The van der Waals surface area contributed by atoms with Crippen molar-refractivity contribution in [2.45, 2.75) is 32.2 Å². The topological polar surface area (TPSA) is 64.9 Å². The molecule has 0 radical (unpaired) electrons. The summed E-state index contributed by atoms with van der Waals surface area (Å²) < 4.78 is 0. The van der Waals surface area contributed by atoms with E-state index in [4.69, 9.17) is 16.9 Å². The van der Waals surface area contributed by atoms with Gasteiger partial charge in [0.15, 0.2) is 0 Å². The molecule has 2 rings (SSSR count). The van der Waals surface area contributed by atoms with Gasteiger partial charge in [0, 0.05) is 0 Å². The van der Waals surface area contributed by atoms with E-state index in [0.29, 0.717) is 22.2 Å². The molecular weight excluding hydrogens is 274 g/mol. The van der Waals surface area contributed by atoms with Crippen LogP contribution < -0.4 is 10.6 Å². The second-order valence-corrected chi connectivity index (χ2v) is 5.51. The van der Waals surface area contributed by atoms with Crippen LogP contribution in [0.3, 0.4) is 0 Å². The van der Waals surface area contributed by atoms with Crippen molar-refractivity contribution < 1.29 is 4.79 Å². The van der Waals surface area contributed by atoms with Crippen molar-refractivity contribution in [2.75, 3.05) is 11.9 Å². The van der Waals surface area contributed by atoms with Gasteiger partial charge in [-0.25, -0.2) is 0 Å². The van der Waals surface area contributed by atoms with Gasteiger partial charge in [-0.1, -0.05) is 24.9 Å². The molecule has 0 saturated carbocycles. The molecule has 1 aromatic carbocycles. The highest BCUT2D eigenvalue weighted by Crippen LogP contribution is 2.24. The van der Waals surface area contributed by atoms with Crippen molar-refractivity contribution in [1.82, 2.24) is 5.32 Å². The van der Waals surface area contributed by atoms with Crippen molar-refractivity contribution in [3.63, 3.8) is 0 Å². The molecule has 20 heavy (non-hydrogen) atoms. The van der Waals surface area contributed by atoms with Crippen molar-refractivity contribution >= 4 is 23.2 Å². The van der Waals surface area contributed by atoms with Crippen LogP contribution in [0.15, 0.2) is 18.2 Å². The second kappa shape index (κ2) is 6.74. The lowest BCUT2D eigenvalue weighted by Gasteiger charge is -2.28. The molecule has 1 saturated heterocycles. The predicted octanol–water partition coefficient (Wildman–Crippen LogP) is 2.93. The fourth-order valence-electron chi connectivity index (χ4n) is 2.48. The molecule has 2 atom stereocenters. The number of anilines is 1. The lowest BCUT2D eigenvalue weighted by molar-refractivity contribution is -0.119. The summed E-state index contributed by atoms with van der Waals surface area (Å²) in [6.45, 7) is 3.01. The van der Waals surface area contributed by atoms with E-state index in [1.807, 2.05) is 6.07 Å². The normalized spacial score (nSPS) is 22.1. The number of carbonyl (C=O) groups is 1. The van der Waals surface area contributed by atoms with E-state index in [1.165, 1.54) is 0 Å². The van der Waals surface area contributed by atoms with Crippen LogP contribution in [0.25, 0.3) is 0 Å². The van der Waals surface area contributed by atoms with Gasteiger partial charge >= 0.3 is 0 Å². The zero-order valence-electron chi connectivity index (χ0n) is 11.4. The van der Waals surface area contributed by atoms with Crippen LogP contribution in [-0.4, -0.2) is 18.5 Å². The van der Waals surface area contributed by atoms with Gasteiger partial charge in [-0.15, -0.1) is 0 Å². The Labute approximate surface area is 124 Å². The van der Waals surface area contributed by atoms with E-state index >= 15 is 0 Å². The van der Waals surface area contributed by atoms with E-state index in [2.05, 4.69) is 17.6 Å². The molecule has 0 bridgehead atoms. The Balaban J connectivity index is 2.06. The zero-order valence-corrected chi connectivity index (χ0v) is 12.2. The molecule has 0 aliphatic carbocycles. The van der Waals surface area contributed by atoms with Gasteiger partial charge in [-0.3, -0.25) is 4.79 Å². The van der Waals surface area contributed by atoms with E-state index < -0.39 is 0 Å². The number of benzene rings is 1. The molecule has 2 N–H and O–H groups in total. The molecule has 4 nitrogen and oxygen atoms in total. The van der Waals surface area contributed by atoms with Crippen LogP contribution in [0, 0.1) is 17.2 Å². The van der Waals surface area contributed by atoms with Crippen LogP contribution in [0.5, 0.6) is 0 Å². The van der Waals surface area contributed by atoms with Crippen LogP contribution >= 0.6 is 11.6 Å². The largest absolute Gasteiger partial charge is 0.323 e. The highest BCUT2D eigenvalue weighted by Gasteiger charge is 2.26. The Kier molecular flexibility index (Phi) is 4.99. The number of nitriles is 1. The van der Waals surface area contributed by atoms with Crippen LogP contribution in [0.1, 0.15) is 31.7 Å². The van der Waals surface area contributed by atoms with E-state index in [0.717, 1.165) is 25.8 Å². The lowest BCUT2D eigenvalue weighted by Crippen LogP contribution is -2.46. The number of amides is 1. The van der Waals surface area contributed by atoms with Gasteiger partial charge in [-0.05, 0) is 43.5 Å². The molecule has 0 aromatic heterocycles. The zero-order chi connectivity index (χ0) is 14.5. The number of piperidine rings is 1. The number of nitrogens with zero attached hydrogens (tertiary/aromatic N) is 1. The fraction of sp³-hybridized carbons (Fsp3) is 0.467. The summed E-state index contributed by atoms with van der Waals surface area (Å²) in [4.78, 5) is 12.3. The molecule has 2 unspecified atom stereocenters. The molecule has 5 heteroatoms. The van der Waals surface area contributed by atoms with Crippen molar-refractivity contribution in [1.29, 1.82) is 5.26 Å². The Bertz CT molecular complexity index is 538. The third-order valence-electron chi connectivity index (χ3n) is 3.76. The number of carbonyl (C=O) groups excluding carboxylic acids is 1. The minimum absolute atomic E-state index is 0.0832. The Hall–Kier alpha value is -1.57. The summed E-state index contributed by atoms with van der Waals surface area (Å²) in [5.74, 6) is 0.507. The molecule has 1 amide bonds. The average Bonchev–Trinajstić information content (AvgIpc) is 2.49. The van der Waals surface area contributed by atoms with Gasteiger partial charge in [0.25, 0.3) is 0 Å². The summed E-state index contributed by atoms with van der Waals surface area (Å²) in [5.41, 5.74) is 0.976. The summed E-state index contributed by atoms with van der Waals surface area (Å²) in [5, 5.41) is 15.4. The van der Waals surface area contributed by atoms with Gasteiger partial charge < -0.3 is 10.6 Å². The third-order valence-corrected chi connectivity index (χ3v) is 4.09. The van der Waals surface area contributed by atoms with E-state index in [9.17, 15) is 4.79 Å². The molecule has 0 spiro atoms. The van der Waals surface area contributed by atoms with Gasteiger partial charge in [0.2, 0.25) is 5.91 Å². The first kappa shape index (κ1) is 14.8. The number of rotatable bonds is 3. The number of hydrogen-bond donors (Lipinski definition) is 2. The monoisotopic (exact) mass is 291 g/mol. The first-order chi connectivity index (χ1) is 9.63. The Morgan fingerprint density at radius 2 is 2.40 bits per heavy atom. The molecule has 1 aliphatic heterocycles. The summed E-state index contributed by atoms with van der Waals surface area (Å²) in [6.07, 6.45) is 3.05. The van der Waals surface area contributed by atoms with Gasteiger partial charge in [-0.2, -0.15) is 5.26 Å². The molecule has 1 fully saturated rings. The first-order valence-corrected chi connectivity index (χ1v) is 7.25. The maximum Gasteiger partial charge on any atom is 0.241 e. The van der Waals surface area contributed by atoms with Crippen LogP contribution in [-0.2, 0) is 4.79 Å². The quantitative estimate of drug-likeness (QED) is 0.900. The van der Waals surface area contributed by atoms with Gasteiger partial charge in [0.1, 0.15) is 0 Å². The molecular formula is C15H18ClN3O. The molecule has 1 aromatic rings. The lowest BCUT2D eigenvalue weighted by atomic mass is 9.90. The van der Waals surface area contributed by atoms with Crippen molar-refractivity contribution in [2.24, 2.45) is 5.92 Å². The van der Waals surface area contributed by atoms with Crippen LogP contribution in [0.2, 0.25) is 5.02 Å². The molecule has 1 aliphatic rings. The highest BCUT2D eigenvalue weighted by molar-refractivity contribution is 6.33. The van der Waals surface area contributed by atoms with Crippen LogP contribution in [0.4, 0.5) is 5.69 Å². The first-order valence-electron chi connectivity index (χ1n) is 6.88. The standard InChI is InChI=1S/C15H18ClN3O/c1-2-10-5-6-18-14(7-10)15(20)19-13-8-11(9-17)3-4-12(13)16/h3-4,8,10,14,18H,2,5-7H2,1H3,(H,19,20). The fourth-order valence-corrected chi connectivity index (χ4v) is 2.64. The average molecular weight is 292 g/mol. The van der Waals surface area contributed by atoms with Gasteiger partial charge in [0.05, 0.1) is 28.4 Å². The molecule has 106 valence electrons. The predicted molar refractivity (Wildman–Crippen MR) is 79.6 cm³/mol. The van der Waals surface area contributed by atoms with Crippen molar-refractivity contribution in [3.8, 4) is 6.07 Å². The third kappa shape index (κ3) is 3.50. The Morgan fingerprint density at radius 3 is 3.10 bits per heavy atom. The smallest absolute Gasteiger partial charge is 0.241 e. The van der Waals surface area contributed by atoms with E-state index in [-0.39, 0.29) is 11.9 Å². The second-order valence-electron chi connectivity index (χ2n) is 5.10.